The highest BCUT2D eigenvalue weighted by molar-refractivity contribution is 5.57. The van der Waals surface area contributed by atoms with E-state index < -0.39 is 0 Å². The number of allylic oxidation sites excluding steroid dienone is 1. The van der Waals surface area contributed by atoms with E-state index in [9.17, 15) is 0 Å². The van der Waals surface area contributed by atoms with Crippen LogP contribution in [0.5, 0.6) is 0 Å². The van der Waals surface area contributed by atoms with Crippen LogP contribution in [-0.2, 0) is 4.74 Å². The summed E-state index contributed by atoms with van der Waals surface area (Å²) in [4.78, 5) is 8.70. The molecule has 1 N–H and O–H groups in total. The van der Waals surface area contributed by atoms with Gasteiger partial charge in [0.2, 0.25) is 0 Å². The molecule has 2 aromatic rings. The average molecular weight is 270 g/mol. The van der Waals surface area contributed by atoms with E-state index in [-0.39, 0.29) is 6.10 Å². The molecule has 0 bridgehead atoms. The fourth-order valence-corrected chi connectivity index (χ4v) is 2.29. The van der Waals surface area contributed by atoms with Crippen LogP contribution in [0.15, 0.2) is 43.1 Å². The maximum Gasteiger partial charge on any atom is 0.161 e. The number of aryl methyl sites for hydroxylation is 1. The molecule has 0 radical (unpaired) electrons. The summed E-state index contributed by atoms with van der Waals surface area (Å²) in [5, 5.41) is 3.43. The van der Waals surface area contributed by atoms with Crippen molar-refractivity contribution in [2.45, 2.75) is 25.9 Å². The van der Waals surface area contributed by atoms with Gasteiger partial charge in [-0.05, 0) is 38.0 Å². The molecule has 0 spiro atoms. The lowest BCUT2D eigenvalue weighted by Crippen LogP contribution is -2.23. The van der Waals surface area contributed by atoms with Crippen molar-refractivity contribution < 1.29 is 4.74 Å². The molecule has 1 atom stereocenters. The van der Waals surface area contributed by atoms with Crippen molar-refractivity contribution >= 4 is 5.69 Å². The van der Waals surface area contributed by atoms with Gasteiger partial charge in [-0.15, -0.1) is 0 Å². The second-order valence-corrected chi connectivity index (χ2v) is 4.81. The lowest BCUT2D eigenvalue weighted by molar-refractivity contribution is 0.135. The zero-order chi connectivity index (χ0) is 13.8. The second-order valence-electron chi connectivity index (χ2n) is 4.81. The summed E-state index contributed by atoms with van der Waals surface area (Å²) in [7, 11) is 0. The molecule has 5 nitrogen and oxygen atoms in total. The van der Waals surface area contributed by atoms with Crippen LogP contribution in [0.3, 0.4) is 0 Å². The first kappa shape index (κ1) is 12.7. The Morgan fingerprint density at radius 1 is 1.40 bits per heavy atom. The van der Waals surface area contributed by atoms with E-state index >= 15 is 0 Å². The Morgan fingerprint density at radius 2 is 2.35 bits per heavy atom. The van der Waals surface area contributed by atoms with Gasteiger partial charge < -0.3 is 10.1 Å². The molecule has 0 saturated carbocycles. The number of pyridine rings is 1. The minimum absolute atomic E-state index is 0.219. The van der Waals surface area contributed by atoms with Gasteiger partial charge in [0.05, 0.1) is 18.5 Å². The lowest BCUT2D eigenvalue weighted by Gasteiger charge is -2.21. The van der Waals surface area contributed by atoms with Crippen molar-refractivity contribution in [3.63, 3.8) is 0 Å². The Labute approximate surface area is 118 Å². The summed E-state index contributed by atoms with van der Waals surface area (Å²) < 4.78 is 7.55. The minimum Gasteiger partial charge on any atom is -0.497 e. The van der Waals surface area contributed by atoms with E-state index in [0.29, 0.717) is 0 Å². The number of nitrogens with one attached hydrogen (secondary N) is 1. The molecule has 1 unspecified atom stereocenters. The van der Waals surface area contributed by atoms with E-state index in [1.54, 1.807) is 18.7 Å². The molecular formula is C15H18N4O. The third kappa shape index (κ3) is 2.66. The molecule has 0 amide bonds. The largest absolute Gasteiger partial charge is 0.497 e. The van der Waals surface area contributed by atoms with Crippen LogP contribution in [0, 0.1) is 6.92 Å². The third-order valence-electron chi connectivity index (χ3n) is 3.38. The van der Waals surface area contributed by atoms with Gasteiger partial charge in [-0.3, -0.25) is 4.57 Å². The van der Waals surface area contributed by atoms with E-state index in [2.05, 4.69) is 21.4 Å². The number of anilines is 1. The monoisotopic (exact) mass is 270 g/mol. The van der Waals surface area contributed by atoms with Crippen LogP contribution in [0.25, 0.3) is 5.82 Å². The van der Waals surface area contributed by atoms with Gasteiger partial charge in [-0.2, -0.15) is 0 Å². The topological polar surface area (TPSA) is 52.0 Å². The van der Waals surface area contributed by atoms with Crippen molar-refractivity contribution in [2.24, 2.45) is 0 Å². The number of ether oxygens (including phenoxy) is 1. The summed E-state index contributed by atoms with van der Waals surface area (Å²) in [5.74, 6) is 1.79. The smallest absolute Gasteiger partial charge is 0.161 e. The summed E-state index contributed by atoms with van der Waals surface area (Å²) >= 11 is 0. The zero-order valence-corrected chi connectivity index (χ0v) is 11.5. The van der Waals surface area contributed by atoms with Gasteiger partial charge in [0.15, 0.2) is 5.82 Å². The Balaban J connectivity index is 1.76. The highest BCUT2D eigenvalue weighted by Gasteiger charge is 2.13. The number of imidazole rings is 1. The zero-order valence-electron chi connectivity index (χ0n) is 11.5. The fraction of sp³-hybridized carbons (Fsp3) is 0.333. The van der Waals surface area contributed by atoms with Crippen molar-refractivity contribution in [1.29, 1.82) is 0 Å². The first-order chi connectivity index (χ1) is 9.84. The number of hydrogen-bond acceptors (Lipinski definition) is 4. The molecule has 0 aromatic carbocycles. The summed E-state index contributed by atoms with van der Waals surface area (Å²) in [6, 6.07) is 3.96. The summed E-state index contributed by atoms with van der Waals surface area (Å²) in [6.07, 6.45) is 11.7. The molecule has 1 aliphatic heterocycles. The number of rotatable bonds is 4. The van der Waals surface area contributed by atoms with Gasteiger partial charge in [-0.25, -0.2) is 9.97 Å². The van der Waals surface area contributed by atoms with Crippen LogP contribution >= 0.6 is 0 Å². The number of nitrogens with zero attached hydrogens (tertiary/aromatic N) is 3. The molecular weight excluding hydrogens is 252 g/mol. The third-order valence-corrected chi connectivity index (χ3v) is 3.38. The highest BCUT2D eigenvalue weighted by atomic mass is 16.5. The standard InChI is InChI=1S/C15H18N4O/c1-12-16-8-9-19(12)15-14(6-4-7-17-15)18-11-13-5-2-3-10-20-13/h3-4,6-10,13,18H,2,5,11H2,1H3. The molecule has 20 heavy (non-hydrogen) atoms. The molecule has 1 aliphatic rings. The van der Waals surface area contributed by atoms with Crippen molar-refractivity contribution in [2.75, 3.05) is 11.9 Å². The Kier molecular flexibility index (Phi) is 3.67. The number of hydrogen-bond donors (Lipinski definition) is 1. The second kappa shape index (κ2) is 5.77. The maximum atomic E-state index is 5.57. The van der Waals surface area contributed by atoms with Gasteiger partial charge in [-0.1, -0.05) is 0 Å². The van der Waals surface area contributed by atoms with Gasteiger partial charge in [0.1, 0.15) is 11.9 Å². The summed E-state index contributed by atoms with van der Waals surface area (Å²) in [5.41, 5.74) is 0.992. The van der Waals surface area contributed by atoms with Crippen LogP contribution < -0.4 is 5.32 Å². The van der Waals surface area contributed by atoms with Gasteiger partial charge in [0.25, 0.3) is 0 Å². The Morgan fingerprint density at radius 3 is 3.10 bits per heavy atom. The van der Waals surface area contributed by atoms with Crippen molar-refractivity contribution in [3.8, 4) is 5.82 Å². The number of aromatic nitrogens is 3. The highest BCUT2D eigenvalue weighted by Crippen LogP contribution is 2.19. The van der Waals surface area contributed by atoms with Gasteiger partial charge in [0, 0.05) is 18.6 Å². The quantitative estimate of drug-likeness (QED) is 0.928. The lowest BCUT2D eigenvalue weighted by atomic mass is 10.1. The maximum absolute atomic E-state index is 5.57. The molecule has 3 rings (SSSR count). The normalized spacial score (nSPS) is 17.8. The van der Waals surface area contributed by atoms with Crippen LogP contribution in [-0.4, -0.2) is 27.2 Å². The molecule has 104 valence electrons. The molecule has 3 heterocycles. The van der Waals surface area contributed by atoms with Crippen molar-refractivity contribution in [1.82, 2.24) is 14.5 Å². The van der Waals surface area contributed by atoms with Crippen LogP contribution in [0.1, 0.15) is 18.7 Å². The summed E-state index contributed by atoms with van der Waals surface area (Å²) in [6.45, 7) is 2.74. The minimum atomic E-state index is 0.219. The average Bonchev–Trinajstić information content (AvgIpc) is 2.92. The first-order valence-corrected chi connectivity index (χ1v) is 6.84. The molecule has 0 fully saturated rings. The van der Waals surface area contributed by atoms with Crippen LogP contribution in [0.2, 0.25) is 0 Å². The fourth-order valence-electron chi connectivity index (χ4n) is 2.29. The predicted octanol–water partition coefficient (Wildman–Crippen LogP) is 2.68. The van der Waals surface area contributed by atoms with E-state index in [1.165, 1.54) is 0 Å². The van der Waals surface area contributed by atoms with Crippen molar-refractivity contribution in [3.05, 3.63) is 48.9 Å². The Hall–Kier alpha value is -2.30. The first-order valence-electron chi connectivity index (χ1n) is 6.84. The molecule has 0 saturated heterocycles. The van der Waals surface area contributed by atoms with E-state index in [4.69, 9.17) is 4.74 Å². The predicted molar refractivity (Wildman–Crippen MR) is 77.8 cm³/mol. The van der Waals surface area contributed by atoms with E-state index in [1.807, 2.05) is 29.8 Å². The molecule has 2 aromatic heterocycles. The van der Waals surface area contributed by atoms with E-state index in [0.717, 1.165) is 36.7 Å². The van der Waals surface area contributed by atoms with Crippen LogP contribution in [0.4, 0.5) is 5.69 Å². The van der Waals surface area contributed by atoms with Gasteiger partial charge >= 0.3 is 0 Å². The Bertz CT molecular complexity index is 605. The SMILES string of the molecule is Cc1nccn1-c1ncccc1NCC1CCC=CO1. The molecule has 5 heteroatoms. The molecule has 0 aliphatic carbocycles.